The molecule has 2 rings (SSSR count). The maximum Gasteiger partial charge on any atom is 0.264 e. The van der Waals surface area contributed by atoms with Crippen LogP contribution in [0, 0.1) is 0 Å². The highest BCUT2D eigenvalue weighted by Gasteiger charge is 2.21. The van der Waals surface area contributed by atoms with Gasteiger partial charge in [-0.15, -0.1) is 0 Å². The van der Waals surface area contributed by atoms with E-state index in [0.29, 0.717) is 11.7 Å². The van der Waals surface area contributed by atoms with Crippen LogP contribution in [0.15, 0.2) is 22.7 Å². The van der Waals surface area contributed by atoms with Crippen molar-refractivity contribution in [3.8, 4) is 5.75 Å². The molecular formula is C15H19ClN2O2. The van der Waals surface area contributed by atoms with Gasteiger partial charge in [0.15, 0.2) is 12.4 Å². The van der Waals surface area contributed by atoms with Crippen molar-refractivity contribution in [1.82, 2.24) is 10.1 Å². The maximum absolute atomic E-state index is 6.07. The number of hydrogen-bond donors (Lipinski definition) is 0. The number of ether oxygens (including phenoxy) is 1. The fraction of sp³-hybridized carbons (Fsp3) is 0.467. The van der Waals surface area contributed by atoms with E-state index in [0.717, 1.165) is 22.8 Å². The van der Waals surface area contributed by atoms with Crippen LogP contribution in [0.25, 0.3) is 0 Å². The third kappa shape index (κ3) is 3.51. The van der Waals surface area contributed by atoms with E-state index in [1.807, 2.05) is 39.0 Å². The smallest absolute Gasteiger partial charge is 0.264 e. The lowest BCUT2D eigenvalue weighted by molar-refractivity contribution is 0.241. The lowest BCUT2D eigenvalue weighted by Crippen LogP contribution is -2.13. The van der Waals surface area contributed by atoms with Crippen LogP contribution >= 0.6 is 11.6 Å². The summed E-state index contributed by atoms with van der Waals surface area (Å²) >= 11 is 6.07. The lowest BCUT2D eigenvalue weighted by Gasteiger charge is -2.11. The van der Waals surface area contributed by atoms with Gasteiger partial charge in [0.05, 0.1) is 0 Å². The zero-order valence-corrected chi connectivity index (χ0v) is 13.0. The minimum atomic E-state index is -0.128. The van der Waals surface area contributed by atoms with Gasteiger partial charge in [-0.2, -0.15) is 4.98 Å². The maximum atomic E-state index is 6.07. The van der Waals surface area contributed by atoms with Crippen molar-refractivity contribution >= 4 is 11.6 Å². The number of nitrogens with zero attached hydrogens (tertiary/aromatic N) is 2. The average molecular weight is 295 g/mol. The minimum absolute atomic E-state index is 0.128. The molecule has 0 saturated carbocycles. The van der Waals surface area contributed by atoms with Crippen molar-refractivity contribution in [2.45, 2.75) is 46.1 Å². The molecule has 5 heteroatoms. The van der Waals surface area contributed by atoms with E-state index in [-0.39, 0.29) is 12.0 Å². The van der Waals surface area contributed by atoms with Crippen LogP contribution in [0.4, 0.5) is 0 Å². The summed E-state index contributed by atoms with van der Waals surface area (Å²) in [5.74, 6) is 1.91. The molecule has 0 radical (unpaired) electrons. The van der Waals surface area contributed by atoms with Crippen molar-refractivity contribution in [3.63, 3.8) is 0 Å². The van der Waals surface area contributed by atoms with Crippen LogP contribution in [0.5, 0.6) is 5.75 Å². The summed E-state index contributed by atoms with van der Waals surface area (Å²) in [7, 11) is 0. The van der Waals surface area contributed by atoms with E-state index in [9.17, 15) is 0 Å². The topological polar surface area (TPSA) is 48.2 Å². The van der Waals surface area contributed by atoms with Gasteiger partial charge in [-0.25, -0.2) is 0 Å². The van der Waals surface area contributed by atoms with Crippen molar-refractivity contribution in [2.24, 2.45) is 0 Å². The molecular weight excluding hydrogens is 276 g/mol. The van der Waals surface area contributed by atoms with Gasteiger partial charge < -0.3 is 9.26 Å². The largest absolute Gasteiger partial charge is 0.484 e. The molecule has 0 spiro atoms. The second-order valence-electron chi connectivity index (χ2n) is 5.66. The number of benzene rings is 1. The molecule has 1 heterocycles. The Morgan fingerprint density at radius 2 is 2.05 bits per heavy atom. The summed E-state index contributed by atoms with van der Waals surface area (Å²) < 4.78 is 10.8. The van der Waals surface area contributed by atoms with Gasteiger partial charge in [0, 0.05) is 10.4 Å². The van der Waals surface area contributed by atoms with Crippen LogP contribution in [-0.2, 0) is 18.4 Å². The Morgan fingerprint density at radius 3 is 2.65 bits per heavy atom. The van der Waals surface area contributed by atoms with Crippen molar-refractivity contribution in [1.29, 1.82) is 0 Å². The summed E-state index contributed by atoms with van der Waals surface area (Å²) in [6, 6.07) is 5.61. The number of halogens is 1. The number of rotatable bonds is 4. The monoisotopic (exact) mass is 294 g/mol. The van der Waals surface area contributed by atoms with Gasteiger partial charge in [-0.3, -0.25) is 0 Å². The first-order valence-corrected chi connectivity index (χ1v) is 7.02. The molecule has 108 valence electrons. The van der Waals surface area contributed by atoms with E-state index in [1.165, 1.54) is 0 Å². The highest BCUT2D eigenvalue weighted by Crippen LogP contribution is 2.23. The van der Waals surface area contributed by atoms with Crippen LogP contribution < -0.4 is 4.74 Å². The number of hydrogen-bond acceptors (Lipinski definition) is 4. The van der Waals surface area contributed by atoms with E-state index in [1.54, 1.807) is 0 Å². The molecule has 0 unspecified atom stereocenters. The Bertz CT molecular complexity index is 588. The molecule has 1 aromatic heterocycles. The molecule has 0 amide bonds. The first kappa shape index (κ1) is 14.9. The first-order valence-electron chi connectivity index (χ1n) is 6.64. The highest BCUT2D eigenvalue weighted by molar-refractivity contribution is 6.31. The fourth-order valence-corrected chi connectivity index (χ4v) is 1.93. The Kier molecular flexibility index (Phi) is 4.33. The zero-order valence-electron chi connectivity index (χ0n) is 12.2. The molecule has 0 bridgehead atoms. The van der Waals surface area contributed by atoms with Crippen LogP contribution in [0.3, 0.4) is 0 Å². The summed E-state index contributed by atoms with van der Waals surface area (Å²) in [5, 5.41) is 4.72. The van der Waals surface area contributed by atoms with Gasteiger partial charge in [0.2, 0.25) is 0 Å². The molecule has 0 aliphatic rings. The van der Waals surface area contributed by atoms with Gasteiger partial charge in [-0.05, 0) is 30.2 Å². The summed E-state index contributed by atoms with van der Waals surface area (Å²) in [6.45, 7) is 8.42. The molecule has 2 aromatic rings. The molecule has 0 aliphatic heterocycles. The van der Waals surface area contributed by atoms with Crippen molar-refractivity contribution in [3.05, 3.63) is 40.5 Å². The quantitative estimate of drug-likeness (QED) is 0.849. The molecule has 4 nitrogen and oxygen atoms in total. The summed E-state index contributed by atoms with van der Waals surface area (Å²) in [4.78, 5) is 4.33. The second kappa shape index (κ2) is 5.83. The predicted octanol–water partition coefficient (Wildman–Crippen LogP) is 4.16. The Hall–Kier alpha value is -1.55. The van der Waals surface area contributed by atoms with Gasteiger partial charge in [0.25, 0.3) is 5.89 Å². The average Bonchev–Trinajstić information content (AvgIpc) is 2.86. The molecule has 20 heavy (non-hydrogen) atoms. The minimum Gasteiger partial charge on any atom is -0.484 e. The molecule has 0 aliphatic carbocycles. The normalized spacial score (nSPS) is 11.7. The molecule has 0 N–H and O–H groups in total. The molecule has 0 saturated heterocycles. The van der Waals surface area contributed by atoms with Crippen LogP contribution in [0.1, 0.15) is 45.0 Å². The molecule has 0 fully saturated rings. The highest BCUT2D eigenvalue weighted by atomic mass is 35.5. The van der Waals surface area contributed by atoms with E-state index >= 15 is 0 Å². The predicted molar refractivity (Wildman–Crippen MR) is 78.2 cm³/mol. The molecule has 1 aromatic carbocycles. The Labute approximate surface area is 124 Å². The lowest BCUT2D eigenvalue weighted by atomic mass is 9.96. The SMILES string of the molecule is CCc1cc(OCc2nc(C(C)(C)C)no2)ccc1Cl. The zero-order chi connectivity index (χ0) is 14.8. The van der Waals surface area contributed by atoms with Crippen molar-refractivity contribution in [2.75, 3.05) is 0 Å². The Balaban J connectivity index is 2.04. The third-order valence-corrected chi connectivity index (χ3v) is 3.27. The second-order valence-corrected chi connectivity index (χ2v) is 6.06. The fourth-order valence-electron chi connectivity index (χ4n) is 1.68. The molecule has 0 atom stereocenters. The van der Waals surface area contributed by atoms with E-state index < -0.39 is 0 Å². The van der Waals surface area contributed by atoms with Crippen molar-refractivity contribution < 1.29 is 9.26 Å². The summed E-state index contributed by atoms with van der Waals surface area (Å²) in [6.07, 6.45) is 0.866. The van der Waals surface area contributed by atoms with Crippen LogP contribution in [0.2, 0.25) is 5.02 Å². The van der Waals surface area contributed by atoms with Gasteiger partial charge >= 0.3 is 0 Å². The number of aromatic nitrogens is 2. The third-order valence-electron chi connectivity index (χ3n) is 2.90. The van der Waals surface area contributed by atoms with Crippen LogP contribution in [-0.4, -0.2) is 10.1 Å². The summed E-state index contributed by atoms with van der Waals surface area (Å²) in [5.41, 5.74) is 0.933. The standard InChI is InChI=1S/C15H19ClN2O2/c1-5-10-8-11(6-7-12(10)16)19-9-13-17-14(18-20-13)15(2,3)4/h6-8H,5,9H2,1-4H3. The van der Waals surface area contributed by atoms with E-state index in [4.69, 9.17) is 20.9 Å². The van der Waals surface area contributed by atoms with E-state index in [2.05, 4.69) is 17.1 Å². The first-order chi connectivity index (χ1) is 9.40. The Morgan fingerprint density at radius 1 is 1.30 bits per heavy atom. The van der Waals surface area contributed by atoms with Gasteiger partial charge in [0.1, 0.15) is 5.75 Å². The van der Waals surface area contributed by atoms with Gasteiger partial charge in [-0.1, -0.05) is 44.5 Å². The number of aryl methyl sites for hydroxylation is 1.